The van der Waals surface area contributed by atoms with Crippen molar-refractivity contribution < 1.29 is 19.4 Å². The molecule has 2 rings (SSSR count). The molecule has 0 aromatic heterocycles. The molecule has 5 heteroatoms. The van der Waals surface area contributed by atoms with Gasteiger partial charge in [0.05, 0.1) is 20.6 Å². The van der Waals surface area contributed by atoms with E-state index in [9.17, 15) is 4.79 Å². The molecule has 0 amide bonds. The minimum atomic E-state index is -0.818. The Labute approximate surface area is 134 Å². The topological polar surface area (TPSA) is 55.8 Å². The molecule has 0 aliphatic carbocycles. The number of carboxylic acids is 1. The molecule has 0 radical (unpaired) electrons. The Bertz CT molecular complexity index is 628. The lowest BCUT2D eigenvalue weighted by atomic mass is 10.1. The molecule has 0 saturated carbocycles. The van der Waals surface area contributed by atoms with Crippen LogP contribution in [0.3, 0.4) is 0 Å². The van der Waals surface area contributed by atoms with Gasteiger partial charge < -0.3 is 14.6 Å². The fourth-order valence-corrected chi connectivity index (χ4v) is 3.28. The lowest BCUT2D eigenvalue weighted by molar-refractivity contribution is -0.137. The molecule has 2 aromatic carbocycles. The highest BCUT2D eigenvalue weighted by Crippen LogP contribution is 2.40. The summed E-state index contributed by atoms with van der Waals surface area (Å²) in [5.41, 5.74) is 0.990. The van der Waals surface area contributed by atoms with E-state index in [2.05, 4.69) is 0 Å². The van der Waals surface area contributed by atoms with Crippen molar-refractivity contribution in [1.29, 1.82) is 0 Å². The van der Waals surface area contributed by atoms with Crippen molar-refractivity contribution in [2.24, 2.45) is 0 Å². The van der Waals surface area contributed by atoms with Gasteiger partial charge in [-0.25, -0.2) is 0 Å². The molecule has 0 saturated heterocycles. The monoisotopic (exact) mass is 318 g/mol. The first-order chi connectivity index (χ1) is 10.6. The minimum Gasteiger partial charge on any atom is -0.493 e. The number of hydrogen-bond donors (Lipinski definition) is 1. The zero-order valence-electron chi connectivity index (χ0n) is 12.5. The average Bonchev–Trinajstić information content (AvgIpc) is 2.54. The highest BCUT2D eigenvalue weighted by molar-refractivity contribution is 7.99. The zero-order chi connectivity index (χ0) is 15.9. The van der Waals surface area contributed by atoms with E-state index in [4.69, 9.17) is 14.6 Å². The molecule has 0 aliphatic rings. The maximum Gasteiger partial charge on any atom is 0.304 e. The normalized spacial score (nSPS) is 11.7. The van der Waals surface area contributed by atoms with Crippen molar-refractivity contribution in [2.45, 2.75) is 16.6 Å². The molecule has 0 spiro atoms. The Hall–Kier alpha value is -2.14. The largest absolute Gasteiger partial charge is 0.493 e. The molecule has 1 N–H and O–H groups in total. The summed E-state index contributed by atoms with van der Waals surface area (Å²) in [4.78, 5) is 12.1. The molecular formula is C17H18O4S. The highest BCUT2D eigenvalue weighted by atomic mass is 32.2. The summed E-state index contributed by atoms with van der Waals surface area (Å²) in [5.74, 6) is 0.470. The van der Waals surface area contributed by atoms with E-state index in [1.165, 1.54) is 11.8 Å². The van der Waals surface area contributed by atoms with E-state index in [1.54, 1.807) is 14.2 Å². The second-order valence-electron chi connectivity index (χ2n) is 4.63. The quantitative estimate of drug-likeness (QED) is 0.782. The SMILES string of the molecule is COc1ccc(SC(CC(=O)O)c2ccccc2)cc1OC. The molecular weight excluding hydrogens is 300 g/mol. The summed E-state index contributed by atoms with van der Waals surface area (Å²) >= 11 is 1.50. The van der Waals surface area contributed by atoms with Gasteiger partial charge in [-0.2, -0.15) is 0 Å². The van der Waals surface area contributed by atoms with Crippen LogP contribution < -0.4 is 9.47 Å². The third kappa shape index (κ3) is 4.18. The predicted octanol–water partition coefficient (Wildman–Crippen LogP) is 4.01. The maximum absolute atomic E-state index is 11.1. The van der Waals surface area contributed by atoms with Gasteiger partial charge in [0, 0.05) is 10.1 Å². The first-order valence-electron chi connectivity index (χ1n) is 6.79. The third-order valence-corrected chi connectivity index (χ3v) is 4.41. The summed E-state index contributed by atoms with van der Waals surface area (Å²) in [6, 6.07) is 15.2. The number of aliphatic carboxylic acids is 1. The van der Waals surface area contributed by atoms with E-state index in [0.29, 0.717) is 11.5 Å². The molecule has 116 valence electrons. The summed E-state index contributed by atoms with van der Waals surface area (Å²) in [6.07, 6.45) is 0.0586. The minimum absolute atomic E-state index is 0.0586. The molecule has 0 aliphatic heterocycles. The third-order valence-electron chi connectivity index (χ3n) is 3.16. The number of hydrogen-bond acceptors (Lipinski definition) is 4. The van der Waals surface area contributed by atoms with Crippen LogP contribution in [0.15, 0.2) is 53.4 Å². The Morgan fingerprint density at radius 1 is 1.09 bits per heavy atom. The van der Waals surface area contributed by atoms with Crippen LogP contribution in [0.4, 0.5) is 0 Å². The van der Waals surface area contributed by atoms with E-state index < -0.39 is 5.97 Å². The van der Waals surface area contributed by atoms with E-state index in [-0.39, 0.29) is 11.7 Å². The molecule has 0 heterocycles. The maximum atomic E-state index is 11.1. The number of thioether (sulfide) groups is 1. The zero-order valence-corrected chi connectivity index (χ0v) is 13.3. The van der Waals surface area contributed by atoms with Crippen LogP contribution in [0.25, 0.3) is 0 Å². The molecule has 22 heavy (non-hydrogen) atoms. The van der Waals surface area contributed by atoms with Gasteiger partial charge in [-0.05, 0) is 23.8 Å². The molecule has 1 atom stereocenters. The van der Waals surface area contributed by atoms with Crippen LogP contribution in [0.1, 0.15) is 17.2 Å². The van der Waals surface area contributed by atoms with Crippen LogP contribution >= 0.6 is 11.8 Å². The fraction of sp³-hybridized carbons (Fsp3) is 0.235. The second-order valence-corrected chi connectivity index (χ2v) is 5.91. The second kappa shape index (κ2) is 7.75. The van der Waals surface area contributed by atoms with Gasteiger partial charge in [0.15, 0.2) is 11.5 Å². The van der Waals surface area contributed by atoms with Gasteiger partial charge >= 0.3 is 5.97 Å². The van der Waals surface area contributed by atoms with Crippen molar-refractivity contribution in [2.75, 3.05) is 14.2 Å². The van der Waals surface area contributed by atoms with E-state index >= 15 is 0 Å². The van der Waals surface area contributed by atoms with Crippen LogP contribution in [0.2, 0.25) is 0 Å². The lowest BCUT2D eigenvalue weighted by Gasteiger charge is -2.16. The van der Waals surface area contributed by atoms with Crippen molar-refractivity contribution in [3.63, 3.8) is 0 Å². The summed E-state index contributed by atoms with van der Waals surface area (Å²) in [7, 11) is 3.17. The first-order valence-corrected chi connectivity index (χ1v) is 7.67. The van der Waals surface area contributed by atoms with Crippen LogP contribution in [-0.2, 0) is 4.79 Å². The fourth-order valence-electron chi connectivity index (χ4n) is 2.11. The van der Waals surface area contributed by atoms with Gasteiger partial charge in [-0.3, -0.25) is 4.79 Å². The van der Waals surface area contributed by atoms with Crippen LogP contribution in [-0.4, -0.2) is 25.3 Å². The van der Waals surface area contributed by atoms with Crippen LogP contribution in [0.5, 0.6) is 11.5 Å². The Kier molecular flexibility index (Phi) is 5.72. The number of benzene rings is 2. The first kappa shape index (κ1) is 16.2. The van der Waals surface area contributed by atoms with Gasteiger partial charge in [0.25, 0.3) is 0 Å². The molecule has 1 unspecified atom stereocenters. The Balaban J connectivity index is 2.25. The van der Waals surface area contributed by atoms with E-state index in [1.807, 2.05) is 48.5 Å². The molecule has 0 bridgehead atoms. The summed E-state index contributed by atoms with van der Waals surface area (Å²) < 4.78 is 10.5. The number of carbonyl (C=O) groups is 1. The van der Waals surface area contributed by atoms with Crippen molar-refractivity contribution in [1.82, 2.24) is 0 Å². The van der Waals surface area contributed by atoms with Gasteiger partial charge in [0.2, 0.25) is 0 Å². The van der Waals surface area contributed by atoms with Crippen molar-refractivity contribution in [3.05, 3.63) is 54.1 Å². The van der Waals surface area contributed by atoms with Gasteiger partial charge in [-0.15, -0.1) is 11.8 Å². The Morgan fingerprint density at radius 3 is 2.36 bits per heavy atom. The lowest BCUT2D eigenvalue weighted by Crippen LogP contribution is -2.03. The smallest absolute Gasteiger partial charge is 0.304 e. The Morgan fingerprint density at radius 2 is 1.77 bits per heavy atom. The summed E-state index contributed by atoms with van der Waals surface area (Å²) in [6.45, 7) is 0. The van der Waals surface area contributed by atoms with Crippen LogP contribution in [0, 0.1) is 0 Å². The van der Waals surface area contributed by atoms with Crippen molar-refractivity contribution >= 4 is 17.7 Å². The summed E-state index contributed by atoms with van der Waals surface area (Å²) in [5, 5.41) is 8.99. The molecule has 4 nitrogen and oxygen atoms in total. The van der Waals surface area contributed by atoms with E-state index in [0.717, 1.165) is 10.5 Å². The number of methoxy groups -OCH3 is 2. The van der Waals surface area contributed by atoms with Crippen molar-refractivity contribution in [3.8, 4) is 11.5 Å². The van der Waals surface area contributed by atoms with Gasteiger partial charge in [0.1, 0.15) is 0 Å². The highest BCUT2D eigenvalue weighted by Gasteiger charge is 2.18. The average molecular weight is 318 g/mol. The number of ether oxygens (including phenoxy) is 2. The van der Waals surface area contributed by atoms with Gasteiger partial charge in [-0.1, -0.05) is 30.3 Å². The molecule has 0 fully saturated rings. The standard InChI is InChI=1S/C17H18O4S/c1-20-14-9-8-13(10-15(14)21-2)22-16(11-17(18)19)12-6-4-3-5-7-12/h3-10,16H,11H2,1-2H3,(H,18,19). The number of carboxylic acid groups (broad SMARTS) is 1. The molecule has 2 aromatic rings. The predicted molar refractivity (Wildman–Crippen MR) is 86.8 cm³/mol. The number of rotatable bonds is 7.